The van der Waals surface area contributed by atoms with Crippen molar-refractivity contribution in [1.29, 1.82) is 0 Å². The van der Waals surface area contributed by atoms with E-state index in [4.69, 9.17) is 13.6 Å². The van der Waals surface area contributed by atoms with Gasteiger partial charge < -0.3 is 18.1 Å². The topological polar surface area (TPSA) is 117 Å². The summed E-state index contributed by atoms with van der Waals surface area (Å²) in [6, 6.07) is 1.30. The molecule has 0 fully saturated rings. The van der Waals surface area contributed by atoms with Gasteiger partial charge in [0.1, 0.15) is 5.90 Å². The molecule has 9 nitrogen and oxygen atoms in total. The Balaban J connectivity index is 2.74. The summed E-state index contributed by atoms with van der Waals surface area (Å²) in [5, 5.41) is 0. The van der Waals surface area contributed by atoms with Crippen LogP contribution in [0.25, 0.3) is 0 Å². The summed E-state index contributed by atoms with van der Waals surface area (Å²) in [6.45, 7) is 11.0. The standard InChI is InChI=1S/C19H36N2O7P2/c1-15(2)26-29(24,14-30(25,27-16(3)4)28-17(5)6)13-9-7-8-11-21-12-10-18(22)20-19(21)23/h10,12,15-17H,7-9,11,13-14H2,1-6H3,(H,20,22,23). The summed E-state index contributed by atoms with van der Waals surface area (Å²) in [5.41, 5.74) is -0.881. The second-order valence-corrected chi connectivity index (χ2v) is 13.2. The first kappa shape index (κ1) is 27.1. The van der Waals surface area contributed by atoms with Gasteiger partial charge in [0.2, 0.25) is 7.37 Å². The molecule has 30 heavy (non-hydrogen) atoms. The van der Waals surface area contributed by atoms with E-state index in [-0.39, 0.29) is 30.4 Å². The van der Waals surface area contributed by atoms with E-state index in [1.54, 1.807) is 41.5 Å². The predicted molar refractivity (Wildman–Crippen MR) is 119 cm³/mol. The van der Waals surface area contributed by atoms with Gasteiger partial charge in [-0.25, -0.2) is 4.79 Å². The Bertz CT molecular complexity index is 847. The Morgan fingerprint density at radius 1 is 0.900 bits per heavy atom. The van der Waals surface area contributed by atoms with Crippen molar-refractivity contribution in [1.82, 2.24) is 9.55 Å². The van der Waals surface area contributed by atoms with Crippen LogP contribution in [0, 0.1) is 0 Å². The highest BCUT2D eigenvalue weighted by atomic mass is 31.2. The lowest BCUT2D eigenvalue weighted by Gasteiger charge is -2.28. The van der Waals surface area contributed by atoms with E-state index in [2.05, 4.69) is 4.98 Å². The monoisotopic (exact) mass is 466 g/mol. The molecule has 0 spiro atoms. The molecule has 0 aromatic carbocycles. The predicted octanol–water partition coefficient (Wildman–Crippen LogP) is 4.41. The van der Waals surface area contributed by atoms with Crippen LogP contribution >= 0.6 is 15.0 Å². The summed E-state index contributed by atoms with van der Waals surface area (Å²) in [6.07, 6.45) is 2.67. The van der Waals surface area contributed by atoms with Gasteiger partial charge in [0, 0.05) is 25.0 Å². The minimum atomic E-state index is -3.59. The highest BCUT2D eigenvalue weighted by molar-refractivity contribution is 7.74. The van der Waals surface area contributed by atoms with Crippen LogP contribution in [0.1, 0.15) is 60.8 Å². The molecule has 0 amide bonds. The molecule has 0 aliphatic carbocycles. The van der Waals surface area contributed by atoms with Gasteiger partial charge in [-0.3, -0.25) is 18.9 Å². The number of rotatable bonds is 14. The van der Waals surface area contributed by atoms with Crippen LogP contribution < -0.4 is 11.2 Å². The van der Waals surface area contributed by atoms with E-state index in [0.29, 0.717) is 25.8 Å². The molecule has 0 aliphatic heterocycles. The minimum Gasteiger partial charge on any atom is -0.325 e. The molecule has 1 heterocycles. The van der Waals surface area contributed by atoms with Crippen molar-refractivity contribution >= 4 is 15.0 Å². The van der Waals surface area contributed by atoms with E-state index < -0.39 is 26.2 Å². The molecule has 0 saturated carbocycles. The van der Waals surface area contributed by atoms with Gasteiger partial charge in [-0.05, 0) is 54.4 Å². The maximum absolute atomic E-state index is 13.5. The van der Waals surface area contributed by atoms with Crippen LogP contribution in [0.2, 0.25) is 0 Å². The van der Waals surface area contributed by atoms with Crippen molar-refractivity contribution in [3.63, 3.8) is 0 Å². The second kappa shape index (κ2) is 12.2. The molecule has 1 aromatic heterocycles. The first-order valence-corrected chi connectivity index (χ1v) is 14.1. The van der Waals surface area contributed by atoms with Crippen molar-refractivity contribution in [3.8, 4) is 0 Å². The van der Waals surface area contributed by atoms with Crippen molar-refractivity contribution in [2.45, 2.75) is 85.7 Å². The zero-order chi connectivity index (χ0) is 22.9. The van der Waals surface area contributed by atoms with Gasteiger partial charge in [0.05, 0.1) is 18.3 Å². The van der Waals surface area contributed by atoms with Crippen LogP contribution in [-0.2, 0) is 29.2 Å². The maximum atomic E-state index is 13.5. The van der Waals surface area contributed by atoms with Crippen LogP contribution in [0.5, 0.6) is 0 Å². The number of nitrogens with zero attached hydrogens (tertiary/aromatic N) is 1. The molecule has 1 rings (SSSR count). The fourth-order valence-corrected chi connectivity index (χ4v) is 9.36. The number of hydrogen-bond acceptors (Lipinski definition) is 7. The summed E-state index contributed by atoms with van der Waals surface area (Å²) in [5.74, 6) is -0.256. The van der Waals surface area contributed by atoms with Crippen LogP contribution in [-0.4, -0.2) is 39.9 Å². The van der Waals surface area contributed by atoms with Crippen LogP contribution in [0.15, 0.2) is 21.9 Å². The van der Waals surface area contributed by atoms with Crippen molar-refractivity contribution in [3.05, 3.63) is 33.1 Å². The summed E-state index contributed by atoms with van der Waals surface area (Å²) in [4.78, 5) is 25.0. The molecule has 0 saturated heterocycles. The van der Waals surface area contributed by atoms with Gasteiger partial charge in [-0.2, -0.15) is 0 Å². The third-order valence-electron chi connectivity index (χ3n) is 3.83. The zero-order valence-electron chi connectivity index (χ0n) is 18.8. The highest BCUT2D eigenvalue weighted by Gasteiger charge is 2.39. The lowest BCUT2D eigenvalue weighted by atomic mass is 10.2. The molecule has 1 atom stereocenters. The maximum Gasteiger partial charge on any atom is 0.340 e. The molecule has 1 N–H and O–H groups in total. The minimum absolute atomic E-state index is 0.249. The Morgan fingerprint density at radius 3 is 1.97 bits per heavy atom. The Hall–Kier alpha value is -0.980. The smallest absolute Gasteiger partial charge is 0.325 e. The third-order valence-corrected chi connectivity index (χ3v) is 10.2. The van der Waals surface area contributed by atoms with Crippen molar-refractivity contribution in [2.24, 2.45) is 0 Å². The number of aromatic nitrogens is 2. The zero-order valence-corrected chi connectivity index (χ0v) is 20.6. The number of unbranched alkanes of at least 4 members (excludes halogenated alkanes) is 2. The van der Waals surface area contributed by atoms with Gasteiger partial charge in [-0.1, -0.05) is 6.42 Å². The lowest BCUT2D eigenvalue weighted by Crippen LogP contribution is -2.28. The fourth-order valence-electron chi connectivity index (χ4n) is 2.97. The number of aromatic amines is 1. The van der Waals surface area contributed by atoms with E-state index in [1.165, 1.54) is 16.8 Å². The summed E-state index contributed by atoms with van der Waals surface area (Å²) in [7, 11) is -6.86. The molecule has 1 aromatic rings. The quantitative estimate of drug-likeness (QED) is 0.319. The number of hydrogen-bond donors (Lipinski definition) is 1. The fraction of sp³-hybridized carbons (Fsp3) is 0.789. The van der Waals surface area contributed by atoms with E-state index in [9.17, 15) is 18.7 Å². The molecular weight excluding hydrogens is 430 g/mol. The van der Waals surface area contributed by atoms with Gasteiger partial charge >= 0.3 is 13.3 Å². The van der Waals surface area contributed by atoms with Crippen molar-refractivity contribution in [2.75, 3.05) is 12.1 Å². The molecule has 0 aliphatic rings. The van der Waals surface area contributed by atoms with Crippen LogP contribution in [0.4, 0.5) is 0 Å². The molecule has 0 bridgehead atoms. The Morgan fingerprint density at radius 2 is 1.47 bits per heavy atom. The van der Waals surface area contributed by atoms with Gasteiger partial charge in [0.25, 0.3) is 5.56 Å². The SMILES string of the molecule is CC(C)OP(=O)(CCCCCn1ccc(=O)[nH]c1=O)CP(=O)(OC(C)C)OC(C)C. The number of nitrogens with one attached hydrogen (secondary N) is 1. The van der Waals surface area contributed by atoms with E-state index in [1.807, 2.05) is 0 Å². The Kier molecular flexibility index (Phi) is 11.0. The van der Waals surface area contributed by atoms with Gasteiger partial charge in [0.15, 0.2) is 0 Å². The molecule has 11 heteroatoms. The average Bonchev–Trinajstić information content (AvgIpc) is 2.53. The lowest BCUT2D eigenvalue weighted by molar-refractivity contribution is 0.144. The highest BCUT2D eigenvalue weighted by Crippen LogP contribution is 2.65. The number of H-pyrrole nitrogens is 1. The first-order valence-electron chi connectivity index (χ1n) is 10.4. The summed E-state index contributed by atoms with van der Waals surface area (Å²) >= 11 is 0. The van der Waals surface area contributed by atoms with E-state index in [0.717, 1.165) is 0 Å². The van der Waals surface area contributed by atoms with E-state index >= 15 is 0 Å². The first-order chi connectivity index (χ1) is 13.8. The largest absolute Gasteiger partial charge is 0.340 e. The Labute approximate surface area is 178 Å². The number of aryl methyl sites for hydroxylation is 1. The van der Waals surface area contributed by atoms with Gasteiger partial charge in [-0.15, -0.1) is 0 Å². The molecule has 0 radical (unpaired) electrons. The average molecular weight is 466 g/mol. The second-order valence-electron chi connectivity index (χ2n) is 8.12. The third kappa shape index (κ3) is 10.4. The molecular formula is C19H36N2O7P2. The normalized spacial score (nSPS) is 14.6. The summed E-state index contributed by atoms with van der Waals surface area (Å²) < 4.78 is 44.9. The van der Waals surface area contributed by atoms with Crippen LogP contribution in [0.3, 0.4) is 0 Å². The molecule has 1 unspecified atom stereocenters. The van der Waals surface area contributed by atoms with Crippen molar-refractivity contribution < 1.29 is 22.7 Å². The molecule has 174 valence electrons.